The number of hydrogen-bond donors (Lipinski definition) is 2. The van der Waals surface area contributed by atoms with Crippen LogP contribution in [0.15, 0.2) is 12.1 Å². The smallest absolute Gasteiger partial charge is 0.139 e. The lowest BCUT2D eigenvalue weighted by atomic mass is 10.0. The van der Waals surface area contributed by atoms with Gasteiger partial charge in [0, 0.05) is 11.6 Å². The van der Waals surface area contributed by atoms with Crippen molar-refractivity contribution in [1.82, 2.24) is 0 Å². The van der Waals surface area contributed by atoms with Gasteiger partial charge in [0.25, 0.3) is 0 Å². The first-order chi connectivity index (χ1) is 6.06. The molecule has 0 amide bonds. The maximum Gasteiger partial charge on any atom is 0.139 e. The lowest BCUT2D eigenvalue weighted by Gasteiger charge is -2.12. The van der Waals surface area contributed by atoms with Gasteiger partial charge in [-0.15, -0.1) is 0 Å². The molecule has 0 saturated carbocycles. The van der Waals surface area contributed by atoms with Crippen LogP contribution < -0.4 is 5.73 Å². The monoisotopic (exact) mass is 203 g/mol. The summed E-state index contributed by atoms with van der Waals surface area (Å²) in [7, 11) is 0. The van der Waals surface area contributed by atoms with E-state index < -0.39 is 5.82 Å². The second kappa shape index (κ2) is 3.94. The Morgan fingerprint density at radius 3 is 2.77 bits per heavy atom. The molecular formula is C9H11ClFNO. The summed E-state index contributed by atoms with van der Waals surface area (Å²) in [6, 6.07) is 1.88. The highest BCUT2D eigenvalue weighted by atomic mass is 35.5. The highest BCUT2D eigenvalue weighted by Crippen LogP contribution is 2.32. The topological polar surface area (TPSA) is 46.2 Å². The van der Waals surface area contributed by atoms with E-state index in [0.29, 0.717) is 12.0 Å². The zero-order chi connectivity index (χ0) is 10.0. The standard InChI is InChI=1S/C9H11ClFNO/c1-2-8(12)6-3-5(11)4-7(10)9(6)13/h3-4,8,13H,2,12H2,1H3/t8-/m1/s1. The van der Waals surface area contributed by atoms with Crippen LogP contribution >= 0.6 is 11.6 Å². The van der Waals surface area contributed by atoms with Gasteiger partial charge in [-0.25, -0.2) is 4.39 Å². The molecule has 0 fully saturated rings. The fraction of sp³-hybridized carbons (Fsp3) is 0.333. The number of rotatable bonds is 2. The van der Waals surface area contributed by atoms with Crippen LogP contribution in [-0.2, 0) is 0 Å². The van der Waals surface area contributed by atoms with Gasteiger partial charge < -0.3 is 10.8 Å². The van der Waals surface area contributed by atoms with Crippen molar-refractivity contribution < 1.29 is 9.50 Å². The lowest BCUT2D eigenvalue weighted by molar-refractivity contribution is 0.457. The van der Waals surface area contributed by atoms with Gasteiger partial charge in [0.2, 0.25) is 0 Å². The molecule has 0 spiro atoms. The average Bonchev–Trinajstić information content (AvgIpc) is 2.10. The summed E-state index contributed by atoms with van der Waals surface area (Å²) < 4.78 is 12.9. The molecule has 1 rings (SSSR count). The second-order valence-electron chi connectivity index (χ2n) is 2.84. The Balaban J connectivity index is 3.20. The molecule has 0 aromatic heterocycles. The minimum atomic E-state index is -0.485. The van der Waals surface area contributed by atoms with Crippen molar-refractivity contribution in [2.24, 2.45) is 5.73 Å². The van der Waals surface area contributed by atoms with E-state index in [-0.39, 0.29) is 16.8 Å². The first-order valence-corrected chi connectivity index (χ1v) is 4.37. The van der Waals surface area contributed by atoms with Gasteiger partial charge in [-0.05, 0) is 18.6 Å². The summed E-state index contributed by atoms with van der Waals surface area (Å²) in [5, 5.41) is 9.44. The van der Waals surface area contributed by atoms with Crippen LogP contribution in [0, 0.1) is 5.82 Å². The molecule has 1 aromatic carbocycles. The fourth-order valence-electron chi connectivity index (χ4n) is 1.09. The summed E-state index contributed by atoms with van der Waals surface area (Å²) in [5.74, 6) is -0.612. The third-order valence-electron chi connectivity index (χ3n) is 1.90. The van der Waals surface area contributed by atoms with Gasteiger partial charge in [-0.3, -0.25) is 0 Å². The average molecular weight is 204 g/mol. The summed E-state index contributed by atoms with van der Waals surface area (Å²) in [5.41, 5.74) is 6.00. The summed E-state index contributed by atoms with van der Waals surface area (Å²) >= 11 is 5.57. The Kier molecular flexibility index (Phi) is 3.12. The molecule has 0 aliphatic rings. The van der Waals surface area contributed by atoms with Crippen molar-refractivity contribution in [3.8, 4) is 5.75 Å². The normalized spacial score (nSPS) is 12.9. The molecule has 3 N–H and O–H groups in total. The van der Waals surface area contributed by atoms with Crippen LogP contribution in [0.4, 0.5) is 4.39 Å². The molecule has 1 aromatic rings. The van der Waals surface area contributed by atoms with E-state index >= 15 is 0 Å². The maximum absolute atomic E-state index is 12.9. The summed E-state index contributed by atoms with van der Waals surface area (Å²) in [6.07, 6.45) is 0.618. The number of phenols is 1. The largest absolute Gasteiger partial charge is 0.506 e. The molecule has 0 saturated heterocycles. The highest BCUT2D eigenvalue weighted by Gasteiger charge is 2.13. The predicted molar refractivity (Wildman–Crippen MR) is 50.3 cm³/mol. The third kappa shape index (κ3) is 2.11. The number of halogens is 2. The van der Waals surface area contributed by atoms with E-state index in [1.807, 2.05) is 6.92 Å². The van der Waals surface area contributed by atoms with E-state index in [9.17, 15) is 9.50 Å². The molecule has 0 aliphatic heterocycles. The van der Waals surface area contributed by atoms with E-state index in [1.165, 1.54) is 6.07 Å². The number of aromatic hydroxyl groups is 1. The van der Waals surface area contributed by atoms with E-state index in [0.717, 1.165) is 6.07 Å². The molecule has 13 heavy (non-hydrogen) atoms. The predicted octanol–water partition coefficient (Wildman–Crippen LogP) is 2.59. The van der Waals surface area contributed by atoms with E-state index in [1.54, 1.807) is 0 Å². The van der Waals surface area contributed by atoms with Crippen molar-refractivity contribution in [1.29, 1.82) is 0 Å². The maximum atomic E-state index is 12.9. The van der Waals surface area contributed by atoms with Crippen LogP contribution in [0.3, 0.4) is 0 Å². The molecular weight excluding hydrogens is 193 g/mol. The van der Waals surface area contributed by atoms with Crippen molar-refractivity contribution in [2.45, 2.75) is 19.4 Å². The summed E-state index contributed by atoms with van der Waals surface area (Å²) in [4.78, 5) is 0. The van der Waals surface area contributed by atoms with Crippen LogP contribution in [0.25, 0.3) is 0 Å². The van der Waals surface area contributed by atoms with Gasteiger partial charge in [0.1, 0.15) is 11.6 Å². The van der Waals surface area contributed by atoms with Crippen LogP contribution in [0.1, 0.15) is 24.9 Å². The van der Waals surface area contributed by atoms with Crippen LogP contribution in [-0.4, -0.2) is 5.11 Å². The van der Waals surface area contributed by atoms with Crippen molar-refractivity contribution in [2.75, 3.05) is 0 Å². The number of hydrogen-bond acceptors (Lipinski definition) is 2. The number of phenolic OH excluding ortho intramolecular Hbond substituents is 1. The number of nitrogens with two attached hydrogens (primary N) is 1. The first kappa shape index (κ1) is 10.3. The van der Waals surface area contributed by atoms with Crippen molar-refractivity contribution in [3.63, 3.8) is 0 Å². The van der Waals surface area contributed by atoms with Gasteiger partial charge in [0.15, 0.2) is 0 Å². The van der Waals surface area contributed by atoms with Gasteiger partial charge in [0.05, 0.1) is 5.02 Å². The molecule has 0 unspecified atom stereocenters. The van der Waals surface area contributed by atoms with E-state index in [2.05, 4.69) is 0 Å². The van der Waals surface area contributed by atoms with Gasteiger partial charge >= 0.3 is 0 Å². The summed E-state index contributed by atoms with van der Waals surface area (Å²) in [6.45, 7) is 1.85. The molecule has 0 radical (unpaired) electrons. The van der Waals surface area contributed by atoms with Crippen LogP contribution in [0.2, 0.25) is 5.02 Å². The Labute approximate surface area is 81.1 Å². The van der Waals surface area contributed by atoms with Gasteiger partial charge in [-0.2, -0.15) is 0 Å². The third-order valence-corrected chi connectivity index (χ3v) is 2.19. The molecule has 72 valence electrons. The SMILES string of the molecule is CC[C@@H](N)c1cc(F)cc(Cl)c1O. The molecule has 2 nitrogen and oxygen atoms in total. The Morgan fingerprint density at radius 1 is 1.62 bits per heavy atom. The second-order valence-corrected chi connectivity index (χ2v) is 3.25. The van der Waals surface area contributed by atoms with E-state index in [4.69, 9.17) is 17.3 Å². The van der Waals surface area contributed by atoms with Crippen molar-refractivity contribution in [3.05, 3.63) is 28.5 Å². The highest BCUT2D eigenvalue weighted by molar-refractivity contribution is 6.32. The minimum absolute atomic E-state index is 0.00102. The fourth-order valence-corrected chi connectivity index (χ4v) is 1.30. The molecule has 0 aliphatic carbocycles. The molecule has 1 atom stereocenters. The zero-order valence-corrected chi connectivity index (χ0v) is 7.98. The Bertz CT molecular complexity index is 317. The first-order valence-electron chi connectivity index (χ1n) is 3.99. The van der Waals surface area contributed by atoms with Gasteiger partial charge in [-0.1, -0.05) is 18.5 Å². The van der Waals surface area contributed by atoms with Crippen molar-refractivity contribution >= 4 is 11.6 Å². The quantitative estimate of drug-likeness (QED) is 0.776. The molecule has 0 heterocycles. The number of benzene rings is 1. The molecule has 4 heteroatoms. The Hall–Kier alpha value is -0.800. The lowest BCUT2D eigenvalue weighted by Crippen LogP contribution is -2.09. The van der Waals surface area contributed by atoms with Crippen LogP contribution in [0.5, 0.6) is 5.75 Å². The zero-order valence-electron chi connectivity index (χ0n) is 7.22. The minimum Gasteiger partial charge on any atom is -0.506 e. The Morgan fingerprint density at radius 2 is 2.23 bits per heavy atom. The molecule has 0 bridgehead atoms.